The van der Waals surface area contributed by atoms with Gasteiger partial charge in [-0.15, -0.1) is 0 Å². The summed E-state index contributed by atoms with van der Waals surface area (Å²) < 4.78 is 3.81. The molecule has 0 aromatic rings. The van der Waals surface area contributed by atoms with E-state index in [1.54, 1.807) is 0 Å². The lowest BCUT2D eigenvalue weighted by Crippen LogP contribution is -2.45. The molecule has 1 atom stereocenters. The van der Waals surface area contributed by atoms with Gasteiger partial charge < -0.3 is 4.74 Å². The molecule has 0 unspecified atom stereocenters. The van der Waals surface area contributed by atoms with Gasteiger partial charge in [-0.1, -0.05) is 30.1 Å². The monoisotopic (exact) mass is 182 g/mol. The minimum atomic E-state index is -0.881. The van der Waals surface area contributed by atoms with Crippen LogP contribution in [0.25, 0.3) is 0 Å². The molecule has 0 bridgehead atoms. The van der Waals surface area contributed by atoms with Crippen molar-refractivity contribution in [3.63, 3.8) is 0 Å². The van der Waals surface area contributed by atoms with Gasteiger partial charge >= 0.3 is 5.97 Å². The van der Waals surface area contributed by atoms with E-state index in [4.69, 9.17) is 27.9 Å². The SMILES string of the molecule is CCC(Cl)(Cl)[C@H]1CC(=O)O1. The van der Waals surface area contributed by atoms with Crippen molar-refractivity contribution in [3.8, 4) is 0 Å². The van der Waals surface area contributed by atoms with Gasteiger partial charge in [0.15, 0.2) is 4.33 Å². The fourth-order valence-electron chi connectivity index (χ4n) is 0.764. The molecule has 0 spiro atoms. The van der Waals surface area contributed by atoms with Crippen molar-refractivity contribution < 1.29 is 9.53 Å². The van der Waals surface area contributed by atoms with E-state index in [1.165, 1.54) is 0 Å². The number of ether oxygens (including phenoxy) is 1. The Balaban J connectivity index is 2.43. The molecule has 0 aliphatic carbocycles. The number of carbonyl (C=O) groups excluding carboxylic acids is 1. The highest BCUT2D eigenvalue weighted by Gasteiger charge is 2.44. The van der Waals surface area contributed by atoms with Gasteiger partial charge in [-0.25, -0.2) is 0 Å². The first-order chi connectivity index (χ1) is 4.56. The Morgan fingerprint density at radius 1 is 1.80 bits per heavy atom. The van der Waals surface area contributed by atoms with Crippen LogP contribution in [-0.4, -0.2) is 16.4 Å². The van der Waals surface area contributed by atoms with Crippen LogP contribution in [0.5, 0.6) is 0 Å². The van der Waals surface area contributed by atoms with E-state index in [9.17, 15) is 4.79 Å². The van der Waals surface area contributed by atoms with Gasteiger partial charge in [0.1, 0.15) is 6.10 Å². The third-order valence-corrected chi connectivity index (χ3v) is 2.59. The molecular weight excluding hydrogens is 175 g/mol. The van der Waals surface area contributed by atoms with Gasteiger partial charge in [0, 0.05) is 0 Å². The number of halogens is 2. The van der Waals surface area contributed by atoms with Crippen LogP contribution in [0.2, 0.25) is 0 Å². The molecule has 10 heavy (non-hydrogen) atoms. The lowest BCUT2D eigenvalue weighted by atomic mass is 10.1. The van der Waals surface area contributed by atoms with Crippen LogP contribution in [0.4, 0.5) is 0 Å². The smallest absolute Gasteiger partial charge is 0.310 e. The summed E-state index contributed by atoms with van der Waals surface area (Å²) in [5.74, 6) is -0.218. The van der Waals surface area contributed by atoms with Crippen LogP contribution >= 0.6 is 23.2 Å². The minimum Gasteiger partial charge on any atom is -0.458 e. The molecule has 0 N–H and O–H groups in total. The van der Waals surface area contributed by atoms with Crippen molar-refractivity contribution in [2.75, 3.05) is 0 Å². The number of alkyl halides is 2. The Kier molecular flexibility index (Phi) is 2.11. The van der Waals surface area contributed by atoms with Crippen LogP contribution < -0.4 is 0 Å². The first-order valence-corrected chi connectivity index (χ1v) is 3.89. The highest BCUT2D eigenvalue weighted by atomic mass is 35.5. The van der Waals surface area contributed by atoms with Crippen molar-refractivity contribution in [1.82, 2.24) is 0 Å². The zero-order valence-corrected chi connectivity index (χ0v) is 7.08. The van der Waals surface area contributed by atoms with E-state index >= 15 is 0 Å². The fourth-order valence-corrected chi connectivity index (χ4v) is 1.01. The summed E-state index contributed by atoms with van der Waals surface area (Å²) in [4.78, 5) is 10.3. The Labute approximate surface area is 69.4 Å². The highest BCUT2D eigenvalue weighted by Crippen LogP contribution is 2.37. The Morgan fingerprint density at radius 2 is 2.30 bits per heavy atom. The van der Waals surface area contributed by atoms with Gasteiger partial charge in [-0.2, -0.15) is 0 Å². The number of esters is 1. The quantitative estimate of drug-likeness (QED) is 0.482. The molecule has 0 aromatic heterocycles. The van der Waals surface area contributed by atoms with E-state index in [0.29, 0.717) is 12.8 Å². The van der Waals surface area contributed by atoms with Crippen molar-refractivity contribution in [1.29, 1.82) is 0 Å². The third-order valence-electron chi connectivity index (χ3n) is 1.57. The maximum Gasteiger partial charge on any atom is 0.310 e. The summed E-state index contributed by atoms with van der Waals surface area (Å²) in [7, 11) is 0. The maximum absolute atomic E-state index is 10.3. The van der Waals surface area contributed by atoms with Crippen LogP contribution in [0.1, 0.15) is 19.8 Å². The van der Waals surface area contributed by atoms with Gasteiger partial charge in [0.25, 0.3) is 0 Å². The molecule has 1 saturated heterocycles. The number of rotatable bonds is 2. The molecule has 1 aliphatic rings. The molecule has 2 nitrogen and oxygen atoms in total. The predicted molar refractivity (Wildman–Crippen MR) is 39.2 cm³/mol. The Morgan fingerprint density at radius 3 is 2.60 bits per heavy atom. The molecule has 0 saturated carbocycles. The van der Waals surface area contributed by atoms with Crippen LogP contribution in [0.15, 0.2) is 0 Å². The summed E-state index contributed by atoms with van der Waals surface area (Å²) in [5.41, 5.74) is 0. The zero-order chi connectivity index (χ0) is 7.78. The summed E-state index contributed by atoms with van der Waals surface area (Å²) in [6, 6.07) is 0. The fraction of sp³-hybridized carbons (Fsp3) is 0.833. The van der Waals surface area contributed by atoms with Crippen molar-refractivity contribution in [2.24, 2.45) is 0 Å². The average molecular weight is 183 g/mol. The molecule has 1 aliphatic heterocycles. The topological polar surface area (TPSA) is 26.3 Å². The van der Waals surface area contributed by atoms with E-state index in [2.05, 4.69) is 0 Å². The number of hydrogen-bond donors (Lipinski definition) is 0. The van der Waals surface area contributed by atoms with Crippen molar-refractivity contribution in [3.05, 3.63) is 0 Å². The second kappa shape index (κ2) is 2.59. The summed E-state index contributed by atoms with van der Waals surface area (Å²) >= 11 is 11.6. The normalized spacial score (nSPS) is 25.5. The van der Waals surface area contributed by atoms with Gasteiger partial charge in [0.05, 0.1) is 6.42 Å². The molecule has 1 rings (SSSR count). The second-order valence-electron chi connectivity index (χ2n) is 2.30. The molecule has 0 amide bonds. The molecular formula is C6H8Cl2O2. The molecule has 58 valence electrons. The highest BCUT2D eigenvalue weighted by molar-refractivity contribution is 6.49. The van der Waals surface area contributed by atoms with Crippen LogP contribution in [0, 0.1) is 0 Å². The van der Waals surface area contributed by atoms with E-state index in [1.807, 2.05) is 6.92 Å². The summed E-state index contributed by atoms with van der Waals surface area (Å²) in [6.07, 6.45) is 0.642. The number of cyclic esters (lactones) is 1. The largest absolute Gasteiger partial charge is 0.458 e. The zero-order valence-electron chi connectivity index (χ0n) is 5.56. The second-order valence-corrected chi connectivity index (χ2v) is 3.84. The third kappa shape index (κ3) is 1.38. The first kappa shape index (κ1) is 8.15. The Bertz CT molecular complexity index is 148. The van der Waals surface area contributed by atoms with Gasteiger partial charge in [-0.3, -0.25) is 4.79 Å². The molecule has 0 radical (unpaired) electrons. The molecule has 0 aromatic carbocycles. The maximum atomic E-state index is 10.3. The lowest BCUT2D eigenvalue weighted by Gasteiger charge is -2.34. The minimum absolute atomic E-state index is 0.218. The first-order valence-electron chi connectivity index (χ1n) is 3.13. The summed E-state index contributed by atoms with van der Waals surface area (Å²) in [6.45, 7) is 1.85. The van der Waals surface area contributed by atoms with Gasteiger partial charge in [-0.05, 0) is 6.42 Å². The van der Waals surface area contributed by atoms with E-state index < -0.39 is 4.33 Å². The van der Waals surface area contributed by atoms with Crippen LogP contribution in [-0.2, 0) is 9.53 Å². The number of carbonyl (C=O) groups is 1. The van der Waals surface area contributed by atoms with Crippen molar-refractivity contribution in [2.45, 2.75) is 30.2 Å². The lowest BCUT2D eigenvalue weighted by molar-refractivity contribution is -0.170. The van der Waals surface area contributed by atoms with E-state index in [0.717, 1.165) is 0 Å². The average Bonchev–Trinajstić information content (AvgIpc) is 1.81. The van der Waals surface area contributed by atoms with Crippen molar-refractivity contribution >= 4 is 29.2 Å². The predicted octanol–water partition coefficient (Wildman–Crippen LogP) is 1.89. The summed E-state index contributed by atoms with van der Waals surface area (Å²) in [5, 5.41) is 0. The van der Waals surface area contributed by atoms with Crippen LogP contribution in [0.3, 0.4) is 0 Å². The number of hydrogen-bond acceptors (Lipinski definition) is 2. The molecule has 4 heteroatoms. The van der Waals surface area contributed by atoms with Gasteiger partial charge in [0.2, 0.25) is 0 Å². The molecule has 1 heterocycles. The van der Waals surface area contributed by atoms with E-state index in [-0.39, 0.29) is 12.1 Å². The Hall–Kier alpha value is 0.0500. The molecule has 1 fully saturated rings. The standard InChI is InChI=1S/C6H8Cl2O2/c1-2-6(7,8)4-3-5(9)10-4/h4H,2-3H2,1H3/t4-/m1/s1.